The minimum absolute atomic E-state index is 0.0203. The minimum Gasteiger partial charge on any atom is -0.205 e. The molecule has 0 amide bonds. The van der Waals surface area contributed by atoms with Crippen LogP contribution in [0.25, 0.3) is 0 Å². The lowest BCUT2D eigenvalue weighted by Gasteiger charge is -2.06. The molecule has 0 N–H and O–H groups in total. The molecule has 0 fully saturated rings. The average Bonchev–Trinajstić information content (AvgIpc) is 1.96. The van der Waals surface area contributed by atoms with Crippen molar-refractivity contribution in [2.45, 2.75) is 13.3 Å². The van der Waals surface area contributed by atoms with Gasteiger partial charge in [0.05, 0.1) is 0 Å². The lowest BCUT2D eigenvalue weighted by molar-refractivity contribution is 0.150. The van der Waals surface area contributed by atoms with Crippen molar-refractivity contribution in [3.05, 3.63) is 31.9 Å². The third-order valence-corrected chi connectivity index (χ3v) is 2.60. The molecule has 0 saturated heterocycles. The Labute approximate surface area is 88.1 Å². The highest BCUT2D eigenvalue weighted by molar-refractivity contribution is 14.1. The van der Waals surface area contributed by atoms with E-state index in [1.54, 1.807) is 13.0 Å². The molecule has 0 heterocycles. The van der Waals surface area contributed by atoms with Gasteiger partial charge in [0.1, 0.15) is 0 Å². The average molecular weight is 302 g/mol. The molecule has 0 spiro atoms. The monoisotopic (exact) mass is 302 g/mol. The Balaban J connectivity index is 3.28. The topological polar surface area (TPSA) is 0 Å². The van der Waals surface area contributed by atoms with Crippen LogP contribution in [0.15, 0.2) is 12.1 Å². The predicted molar refractivity (Wildman–Crippen MR) is 53.9 cm³/mol. The standard InChI is InChI=1S/C8H6ClF2I/c1-4-6(8(10)11)2-5(12)3-7(4)9/h2-3,8H,1H3. The SMILES string of the molecule is Cc1c(Cl)cc(I)cc1C(F)F. The minimum atomic E-state index is -2.45. The van der Waals surface area contributed by atoms with E-state index in [1.807, 2.05) is 22.6 Å². The largest absolute Gasteiger partial charge is 0.264 e. The fourth-order valence-electron chi connectivity index (χ4n) is 0.892. The maximum absolute atomic E-state index is 12.3. The van der Waals surface area contributed by atoms with Crippen LogP contribution in [0.4, 0.5) is 8.78 Å². The van der Waals surface area contributed by atoms with Gasteiger partial charge in [-0.1, -0.05) is 11.6 Å². The highest BCUT2D eigenvalue weighted by atomic mass is 127. The van der Waals surface area contributed by atoms with Gasteiger partial charge >= 0.3 is 0 Å². The van der Waals surface area contributed by atoms with E-state index in [2.05, 4.69) is 0 Å². The number of alkyl halides is 2. The molecular weight excluding hydrogens is 296 g/mol. The number of rotatable bonds is 1. The fourth-order valence-corrected chi connectivity index (χ4v) is 1.95. The van der Waals surface area contributed by atoms with E-state index < -0.39 is 6.43 Å². The van der Waals surface area contributed by atoms with Crippen LogP contribution in [0.1, 0.15) is 17.6 Å². The highest BCUT2D eigenvalue weighted by Crippen LogP contribution is 2.29. The molecule has 1 aromatic carbocycles. The zero-order valence-electron chi connectivity index (χ0n) is 6.24. The van der Waals surface area contributed by atoms with Crippen LogP contribution < -0.4 is 0 Å². The number of hydrogen-bond donors (Lipinski definition) is 0. The van der Waals surface area contributed by atoms with Crippen LogP contribution in [-0.4, -0.2) is 0 Å². The molecule has 0 aliphatic heterocycles. The van der Waals surface area contributed by atoms with Crippen molar-refractivity contribution in [3.8, 4) is 0 Å². The molecule has 4 heteroatoms. The van der Waals surface area contributed by atoms with Gasteiger partial charge in [-0.05, 0) is 47.2 Å². The maximum atomic E-state index is 12.3. The van der Waals surface area contributed by atoms with Gasteiger partial charge in [0, 0.05) is 14.2 Å². The van der Waals surface area contributed by atoms with Crippen molar-refractivity contribution in [2.75, 3.05) is 0 Å². The van der Waals surface area contributed by atoms with Gasteiger partial charge in [-0.15, -0.1) is 0 Å². The van der Waals surface area contributed by atoms with Crippen LogP contribution in [-0.2, 0) is 0 Å². The summed E-state index contributed by atoms with van der Waals surface area (Å²) in [4.78, 5) is 0. The van der Waals surface area contributed by atoms with Crippen LogP contribution >= 0.6 is 34.2 Å². The van der Waals surface area contributed by atoms with E-state index in [-0.39, 0.29) is 5.56 Å². The van der Waals surface area contributed by atoms with Gasteiger partial charge in [0.2, 0.25) is 0 Å². The van der Waals surface area contributed by atoms with Gasteiger partial charge in [0.25, 0.3) is 6.43 Å². The molecule has 0 aliphatic carbocycles. The van der Waals surface area contributed by atoms with Crippen LogP contribution in [0.3, 0.4) is 0 Å². The Morgan fingerprint density at radius 1 is 1.42 bits per heavy atom. The molecule has 0 radical (unpaired) electrons. The number of benzene rings is 1. The smallest absolute Gasteiger partial charge is 0.205 e. The number of halogens is 4. The van der Waals surface area contributed by atoms with Crippen LogP contribution in [0.5, 0.6) is 0 Å². The van der Waals surface area contributed by atoms with Crippen molar-refractivity contribution in [1.82, 2.24) is 0 Å². The first-order chi connectivity index (χ1) is 5.52. The third kappa shape index (κ3) is 2.07. The summed E-state index contributed by atoms with van der Waals surface area (Å²) in [5.74, 6) is 0. The molecule has 0 aliphatic rings. The first kappa shape index (κ1) is 10.2. The second-order valence-corrected chi connectivity index (χ2v) is 4.06. The molecule has 0 unspecified atom stereocenters. The maximum Gasteiger partial charge on any atom is 0.264 e. The first-order valence-corrected chi connectivity index (χ1v) is 4.71. The Bertz CT molecular complexity index is 299. The van der Waals surface area contributed by atoms with Crippen molar-refractivity contribution in [1.29, 1.82) is 0 Å². The third-order valence-electron chi connectivity index (χ3n) is 1.58. The van der Waals surface area contributed by atoms with Gasteiger partial charge in [-0.25, -0.2) is 8.78 Å². The molecule has 0 nitrogen and oxygen atoms in total. The van der Waals surface area contributed by atoms with Gasteiger partial charge in [0.15, 0.2) is 0 Å². The number of hydrogen-bond acceptors (Lipinski definition) is 0. The van der Waals surface area contributed by atoms with Crippen LogP contribution in [0, 0.1) is 10.5 Å². The summed E-state index contributed by atoms with van der Waals surface area (Å²) in [5.41, 5.74) is 0.485. The molecule has 66 valence electrons. The molecule has 1 aromatic rings. The van der Waals surface area contributed by atoms with Crippen molar-refractivity contribution in [2.24, 2.45) is 0 Å². The predicted octanol–water partition coefficient (Wildman–Crippen LogP) is 4.19. The van der Waals surface area contributed by atoms with E-state index >= 15 is 0 Å². The summed E-state index contributed by atoms with van der Waals surface area (Å²) >= 11 is 7.69. The quantitative estimate of drug-likeness (QED) is 0.682. The Morgan fingerprint density at radius 2 is 2.00 bits per heavy atom. The van der Waals surface area contributed by atoms with Crippen molar-refractivity contribution < 1.29 is 8.78 Å². The van der Waals surface area contributed by atoms with E-state index in [1.165, 1.54) is 6.07 Å². The van der Waals surface area contributed by atoms with Gasteiger partial charge in [-0.2, -0.15) is 0 Å². The molecular formula is C8H6ClF2I. The van der Waals surface area contributed by atoms with E-state index in [0.29, 0.717) is 10.6 Å². The molecule has 12 heavy (non-hydrogen) atoms. The van der Waals surface area contributed by atoms with E-state index in [0.717, 1.165) is 3.57 Å². The Morgan fingerprint density at radius 3 is 2.50 bits per heavy atom. The summed E-state index contributed by atoms with van der Waals surface area (Å²) in [5, 5.41) is 0.400. The van der Waals surface area contributed by atoms with Gasteiger partial charge in [-0.3, -0.25) is 0 Å². The van der Waals surface area contributed by atoms with Crippen molar-refractivity contribution in [3.63, 3.8) is 0 Å². The normalized spacial score (nSPS) is 10.8. The zero-order chi connectivity index (χ0) is 9.30. The lowest BCUT2D eigenvalue weighted by atomic mass is 10.1. The molecule has 0 atom stereocenters. The molecule has 0 saturated carbocycles. The summed E-state index contributed by atoms with van der Waals surface area (Å²) < 4.78 is 25.4. The summed E-state index contributed by atoms with van der Waals surface area (Å²) in [6, 6.07) is 3.12. The fraction of sp³-hybridized carbons (Fsp3) is 0.250. The lowest BCUT2D eigenvalue weighted by Crippen LogP contribution is -1.91. The Hall–Kier alpha value is 0.1000. The van der Waals surface area contributed by atoms with E-state index in [9.17, 15) is 8.78 Å². The summed E-state index contributed by atoms with van der Waals surface area (Å²) in [6.07, 6.45) is -2.45. The highest BCUT2D eigenvalue weighted by Gasteiger charge is 2.13. The van der Waals surface area contributed by atoms with Crippen molar-refractivity contribution >= 4 is 34.2 Å². The Kier molecular flexibility index (Phi) is 3.29. The summed E-state index contributed by atoms with van der Waals surface area (Å²) in [6.45, 7) is 1.60. The zero-order valence-corrected chi connectivity index (χ0v) is 9.16. The molecule has 1 rings (SSSR count). The second kappa shape index (κ2) is 3.87. The van der Waals surface area contributed by atoms with Gasteiger partial charge < -0.3 is 0 Å². The second-order valence-electron chi connectivity index (χ2n) is 2.40. The molecule has 0 bridgehead atoms. The van der Waals surface area contributed by atoms with Crippen LogP contribution in [0.2, 0.25) is 5.02 Å². The summed E-state index contributed by atoms with van der Waals surface area (Å²) in [7, 11) is 0. The van der Waals surface area contributed by atoms with E-state index in [4.69, 9.17) is 11.6 Å². The first-order valence-electron chi connectivity index (χ1n) is 3.26. The molecule has 0 aromatic heterocycles.